The summed E-state index contributed by atoms with van der Waals surface area (Å²) in [5.41, 5.74) is 3.24. The first-order valence-corrected chi connectivity index (χ1v) is 9.48. The lowest BCUT2D eigenvalue weighted by molar-refractivity contribution is 0.0672. The number of piperidine rings is 2. The smallest absolute Gasteiger partial charge is 0.0350 e. The van der Waals surface area contributed by atoms with Gasteiger partial charge in [0.25, 0.3) is 0 Å². The van der Waals surface area contributed by atoms with E-state index in [4.69, 9.17) is 0 Å². The van der Waals surface area contributed by atoms with Gasteiger partial charge in [0.05, 0.1) is 0 Å². The molecule has 1 aromatic carbocycles. The van der Waals surface area contributed by atoms with Crippen molar-refractivity contribution in [2.24, 2.45) is 0 Å². The summed E-state index contributed by atoms with van der Waals surface area (Å²) in [6.45, 7) is 5.33. The minimum atomic E-state index is 0.701. The fourth-order valence-electron chi connectivity index (χ4n) is 4.95. The number of aryl methyl sites for hydroxylation is 1. The predicted molar refractivity (Wildman–Crippen MR) is 92.1 cm³/mol. The van der Waals surface area contributed by atoms with Crippen LogP contribution in [0.15, 0.2) is 24.3 Å². The van der Waals surface area contributed by atoms with E-state index in [2.05, 4.69) is 34.1 Å². The molecule has 2 aliphatic heterocycles. The van der Waals surface area contributed by atoms with Crippen molar-refractivity contribution in [3.8, 4) is 0 Å². The van der Waals surface area contributed by atoms with Crippen molar-refractivity contribution < 1.29 is 0 Å². The van der Waals surface area contributed by atoms with E-state index >= 15 is 0 Å². The molecule has 2 heterocycles. The fourth-order valence-corrected chi connectivity index (χ4v) is 4.95. The topological polar surface area (TPSA) is 6.48 Å². The molecule has 22 heavy (non-hydrogen) atoms. The van der Waals surface area contributed by atoms with Gasteiger partial charge in [-0.2, -0.15) is 0 Å². The number of fused-ring (bicyclic) bond motifs is 1. The summed E-state index contributed by atoms with van der Waals surface area (Å²) in [7, 11) is 0. The van der Waals surface area contributed by atoms with Crippen LogP contribution in [0.4, 0.5) is 0 Å². The number of rotatable bonds is 2. The molecular formula is C20H30N2. The van der Waals surface area contributed by atoms with Gasteiger partial charge in [-0.15, -0.1) is 0 Å². The highest BCUT2D eigenvalue weighted by Crippen LogP contribution is 2.36. The highest BCUT2D eigenvalue weighted by molar-refractivity contribution is 5.32. The molecule has 2 heteroatoms. The SMILES string of the molecule is c1ccc2c(c1)CCCC2N1CCC(N2CCCCC2)CC1. The first-order valence-electron chi connectivity index (χ1n) is 9.48. The Bertz CT molecular complexity index is 484. The number of hydrogen-bond donors (Lipinski definition) is 0. The first-order chi connectivity index (χ1) is 10.9. The molecule has 1 aromatic rings. The van der Waals surface area contributed by atoms with Gasteiger partial charge in [0.15, 0.2) is 0 Å². The molecular weight excluding hydrogens is 268 g/mol. The Morgan fingerprint density at radius 1 is 0.727 bits per heavy atom. The third-order valence-electron chi connectivity index (χ3n) is 6.18. The van der Waals surface area contributed by atoms with Gasteiger partial charge >= 0.3 is 0 Å². The van der Waals surface area contributed by atoms with E-state index in [1.807, 2.05) is 0 Å². The minimum absolute atomic E-state index is 0.701. The minimum Gasteiger partial charge on any atom is -0.300 e. The van der Waals surface area contributed by atoms with Gasteiger partial charge in [0, 0.05) is 25.2 Å². The Kier molecular flexibility index (Phi) is 4.49. The van der Waals surface area contributed by atoms with Crippen LogP contribution in [0, 0.1) is 0 Å². The standard InChI is InChI=1S/C20H30N2/c1-4-13-21(14-5-1)18-11-15-22(16-12-18)20-10-6-8-17-7-2-3-9-19(17)20/h2-3,7,9,18,20H,1,4-6,8,10-16H2. The van der Waals surface area contributed by atoms with Gasteiger partial charge in [0.1, 0.15) is 0 Å². The van der Waals surface area contributed by atoms with E-state index in [1.165, 1.54) is 77.5 Å². The van der Waals surface area contributed by atoms with E-state index < -0.39 is 0 Å². The summed E-state index contributed by atoms with van der Waals surface area (Å²) < 4.78 is 0. The van der Waals surface area contributed by atoms with E-state index in [9.17, 15) is 0 Å². The zero-order chi connectivity index (χ0) is 14.8. The molecule has 0 aromatic heterocycles. The van der Waals surface area contributed by atoms with Crippen LogP contribution in [-0.2, 0) is 6.42 Å². The molecule has 0 N–H and O–H groups in total. The van der Waals surface area contributed by atoms with E-state index in [0.29, 0.717) is 6.04 Å². The summed E-state index contributed by atoms with van der Waals surface area (Å²) in [6, 6.07) is 10.8. The molecule has 2 fully saturated rings. The summed E-state index contributed by atoms with van der Waals surface area (Å²) in [6.07, 6.45) is 11.1. The quantitative estimate of drug-likeness (QED) is 0.814. The number of nitrogens with zero attached hydrogens (tertiary/aromatic N) is 2. The van der Waals surface area contributed by atoms with Crippen molar-refractivity contribution in [3.63, 3.8) is 0 Å². The van der Waals surface area contributed by atoms with Gasteiger partial charge in [-0.3, -0.25) is 4.90 Å². The van der Waals surface area contributed by atoms with Crippen LogP contribution in [0.5, 0.6) is 0 Å². The number of hydrogen-bond acceptors (Lipinski definition) is 2. The Morgan fingerprint density at radius 3 is 2.32 bits per heavy atom. The fraction of sp³-hybridized carbons (Fsp3) is 0.700. The van der Waals surface area contributed by atoms with Crippen molar-refractivity contribution in [1.82, 2.24) is 9.80 Å². The highest BCUT2D eigenvalue weighted by Gasteiger charge is 2.31. The number of benzene rings is 1. The second-order valence-corrected chi connectivity index (χ2v) is 7.47. The van der Waals surface area contributed by atoms with Crippen LogP contribution < -0.4 is 0 Å². The van der Waals surface area contributed by atoms with Crippen LogP contribution in [0.25, 0.3) is 0 Å². The molecule has 1 aliphatic carbocycles. The van der Waals surface area contributed by atoms with Crippen molar-refractivity contribution >= 4 is 0 Å². The molecule has 2 nitrogen and oxygen atoms in total. The number of likely N-dealkylation sites (tertiary alicyclic amines) is 2. The van der Waals surface area contributed by atoms with Crippen molar-refractivity contribution in [2.45, 2.75) is 63.5 Å². The molecule has 0 saturated carbocycles. The van der Waals surface area contributed by atoms with Gasteiger partial charge in [-0.25, -0.2) is 0 Å². The van der Waals surface area contributed by atoms with Crippen molar-refractivity contribution in [1.29, 1.82) is 0 Å². The zero-order valence-corrected chi connectivity index (χ0v) is 13.8. The van der Waals surface area contributed by atoms with Gasteiger partial charge in [0.2, 0.25) is 0 Å². The first kappa shape index (κ1) is 14.7. The normalized spacial score (nSPS) is 28.5. The van der Waals surface area contributed by atoms with Crippen LogP contribution >= 0.6 is 0 Å². The lowest BCUT2D eigenvalue weighted by Gasteiger charge is -2.44. The monoisotopic (exact) mass is 298 g/mol. The summed E-state index contributed by atoms with van der Waals surface area (Å²) in [5.74, 6) is 0. The summed E-state index contributed by atoms with van der Waals surface area (Å²) in [5, 5.41) is 0. The molecule has 0 radical (unpaired) electrons. The highest BCUT2D eigenvalue weighted by atomic mass is 15.2. The molecule has 0 spiro atoms. The molecule has 0 bridgehead atoms. The summed E-state index contributed by atoms with van der Waals surface area (Å²) >= 11 is 0. The molecule has 0 amide bonds. The molecule has 1 atom stereocenters. The van der Waals surface area contributed by atoms with Gasteiger partial charge in [-0.05, 0) is 69.2 Å². The van der Waals surface area contributed by atoms with Crippen LogP contribution in [0.1, 0.15) is 62.1 Å². The van der Waals surface area contributed by atoms with Crippen LogP contribution in [-0.4, -0.2) is 42.0 Å². The Labute approximate surface area is 135 Å². The van der Waals surface area contributed by atoms with Crippen molar-refractivity contribution in [3.05, 3.63) is 35.4 Å². The second-order valence-electron chi connectivity index (χ2n) is 7.47. The lowest BCUT2D eigenvalue weighted by atomic mass is 9.85. The maximum Gasteiger partial charge on any atom is 0.0350 e. The Hall–Kier alpha value is -0.860. The summed E-state index contributed by atoms with van der Waals surface area (Å²) in [4.78, 5) is 5.58. The van der Waals surface area contributed by atoms with E-state index in [-0.39, 0.29) is 0 Å². The van der Waals surface area contributed by atoms with Gasteiger partial charge in [-0.1, -0.05) is 30.7 Å². The second kappa shape index (κ2) is 6.72. The molecule has 1 unspecified atom stereocenters. The maximum absolute atomic E-state index is 2.79. The molecule has 3 aliphatic rings. The molecule has 4 rings (SSSR count). The van der Waals surface area contributed by atoms with E-state index in [1.54, 1.807) is 11.1 Å². The average molecular weight is 298 g/mol. The molecule has 2 saturated heterocycles. The van der Waals surface area contributed by atoms with Crippen LogP contribution in [0.3, 0.4) is 0 Å². The Morgan fingerprint density at radius 2 is 1.50 bits per heavy atom. The Balaban J connectivity index is 1.40. The van der Waals surface area contributed by atoms with Crippen molar-refractivity contribution in [2.75, 3.05) is 26.2 Å². The molecule has 120 valence electrons. The van der Waals surface area contributed by atoms with E-state index in [0.717, 1.165) is 6.04 Å². The predicted octanol–water partition coefficient (Wildman–Crippen LogP) is 4.01. The lowest BCUT2D eigenvalue weighted by Crippen LogP contribution is -2.47. The maximum atomic E-state index is 2.79. The van der Waals surface area contributed by atoms with Gasteiger partial charge < -0.3 is 4.90 Å². The zero-order valence-electron chi connectivity index (χ0n) is 13.8. The third kappa shape index (κ3) is 2.96. The third-order valence-corrected chi connectivity index (χ3v) is 6.18. The largest absolute Gasteiger partial charge is 0.300 e. The van der Waals surface area contributed by atoms with Crippen LogP contribution in [0.2, 0.25) is 0 Å². The average Bonchev–Trinajstić information content (AvgIpc) is 2.62.